The number of nitrogen functional groups attached to an aromatic ring is 1. The number of rotatable bonds is 2. The second kappa shape index (κ2) is 5.00. The molecule has 1 saturated heterocycles. The third kappa shape index (κ3) is 2.68. The van der Waals surface area contributed by atoms with Gasteiger partial charge in [0.15, 0.2) is 5.69 Å². The van der Waals surface area contributed by atoms with E-state index in [1.54, 1.807) is 0 Å². The molecule has 0 saturated carbocycles. The van der Waals surface area contributed by atoms with Crippen molar-refractivity contribution in [2.45, 2.75) is 25.9 Å². The number of hydrogen-bond acceptors (Lipinski definition) is 4. The molecule has 5 heteroatoms. The van der Waals surface area contributed by atoms with Crippen molar-refractivity contribution in [3.8, 4) is 0 Å². The van der Waals surface area contributed by atoms with Crippen LogP contribution in [0.2, 0.25) is 0 Å². The number of nitrogens with zero attached hydrogens (tertiary/aromatic N) is 2. The van der Waals surface area contributed by atoms with Crippen LogP contribution in [-0.4, -0.2) is 39.4 Å². The Balaban J connectivity index is 2.45. The quantitative estimate of drug-likeness (QED) is 0.366. The van der Waals surface area contributed by atoms with Gasteiger partial charge in [0.25, 0.3) is 0 Å². The van der Waals surface area contributed by atoms with Crippen LogP contribution in [0.5, 0.6) is 0 Å². The Morgan fingerprint density at radius 1 is 1.21 bits per heavy atom. The van der Waals surface area contributed by atoms with Gasteiger partial charge in [-0.15, -0.1) is 0 Å². The molecule has 1 aliphatic rings. The smallest absolute Gasteiger partial charge is 0.176 e. The van der Waals surface area contributed by atoms with Gasteiger partial charge < -0.3 is 15.4 Å². The van der Waals surface area contributed by atoms with E-state index in [-0.39, 0.29) is 4.59 Å². The summed E-state index contributed by atoms with van der Waals surface area (Å²) < 4.78 is 5.80. The summed E-state index contributed by atoms with van der Waals surface area (Å²) in [5, 5.41) is 0. The highest BCUT2D eigenvalue weighted by molar-refractivity contribution is 5.80. The third-order valence-electron chi connectivity index (χ3n) is 3.63. The van der Waals surface area contributed by atoms with Crippen molar-refractivity contribution in [2.75, 3.05) is 37.9 Å². The molecule has 0 aliphatic carbocycles. The van der Waals surface area contributed by atoms with E-state index in [2.05, 4.69) is 24.8 Å². The minimum atomic E-state index is 0.229. The standard InChI is InChI=1S/C14H25N4O/c1-10-8-19-9-11(2)17(10)12-6-5-7-13(14(12)15)18(3,4)16/h5-7,10-11H,8-9,15-16H2,1-4H3/q+1. The molecule has 1 aromatic rings. The maximum Gasteiger partial charge on any atom is 0.176 e. The lowest BCUT2D eigenvalue weighted by Crippen LogP contribution is -2.51. The van der Waals surface area contributed by atoms with Crippen LogP contribution < -0.4 is 21.1 Å². The van der Waals surface area contributed by atoms with E-state index in [4.69, 9.17) is 16.3 Å². The predicted molar refractivity (Wildman–Crippen MR) is 80.9 cm³/mol. The highest BCUT2D eigenvalue weighted by atomic mass is 16.5. The van der Waals surface area contributed by atoms with Gasteiger partial charge in [-0.2, -0.15) is 5.84 Å². The first-order chi connectivity index (χ1) is 8.82. The van der Waals surface area contributed by atoms with Crippen LogP contribution in [0.3, 0.4) is 0 Å². The van der Waals surface area contributed by atoms with Crippen LogP contribution in [-0.2, 0) is 4.74 Å². The molecule has 106 valence electrons. The molecule has 2 rings (SSSR count). The van der Waals surface area contributed by atoms with Crippen LogP contribution in [0.1, 0.15) is 13.8 Å². The van der Waals surface area contributed by atoms with Gasteiger partial charge in [-0.05, 0) is 19.9 Å². The lowest BCUT2D eigenvalue weighted by atomic mass is 10.1. The molecule has 0 radical (unpaired) electrons. The first-order valence-electron chi connectivity index (χ1n) is 6.70. The van der Waals surface area contributed by atoms with Crippen LogP contribution in [0.25, 0.3) is 0 Å². The van der Waals surface area contributed by atoms with Gasteiger partial charge >= 0.3 is 0 Å². The molecule has 0 aromatic heterocycles. The lowest BCUT2D eigenvalue weighted by molar-refractivity contribution is 0.0757. The van der Waals surface area contributed by atoms with E-state index < -0.39 is 0 Å². The molecule has 1 heterocycles. The number of anilines is 2. The Hall–Kier alpha value is -1.30. The molecule has 0 bridgehead atoms. The highest BCUT2D eigenvalue weighted by Gasteiger charge is 2.29. The summed E-state index contributed by atoms with van der Waals surface area (Å²) in [6.45, 7) is 5.78. The normalized spacial score (nSPS) is 24.6. The minimum Gasteiger partial charge on any atom is -0.392 e. The summed E-state index contributed by atoms with van der Waals surface area (Å²) in [4.78, 5) is 2.33. The second-order valence-corrected chi connectivity index (χ2v) is 5.89. The zero-order chi connectivity index (χ0) is 14.2. The maximum atomic E-state index is 6.35. The zero-order valence-electron chi connectivity index (χ0n) is 12.3. The SMILES string of the molecule is CC1COCC(C)N1c1cccc([N+](C)(C)N)c1N. The predicted octanol–water partition coefficient (Wildman–Crippen LogP) is 1.32. The number of para-hydroxylation sites is 1. The van der Waals surface area contributed by atoms with Crippen LogP contribution >= 0.6 is 0 Å². The van der Waals surface area contributed by atoms with Crippen molar-refractivity contribution < 1.29 is 4.74 Å². The van der Waals surface area contributed by atoms with Crippen LogP contribution in [0.15, 0.2) is 18.2 Å². The highest BCUT2D eigenvalue weighted by Crippen LogP contribution is 2.36. The number of nitrogens with two attached hydrogens (primary N) is 2. The van der Waals surface area contributed by atoms with Gasteiger partial charge in [0.1, 0.15) is 5.69 Å². The Bertz CT molecular complexity index is 445. The van der Waals surface area contributed by atoms with Crippen molar-refractivity contribution in [1.29, 1.82) is 0 Å². The van der Waals surface area contributed by atoms with Crippen molar-refractivity contribution >= 4 is 17.1 Å². The first kappa shape index (κ1) is 14.1. The van der Waals surface area contributed by atoms with E-state index in [0.29, 0.717) is 12.1 Å². The summed E-state index contributed by atoms with van der Waals surface area (Å²) in [5.74, 6) is 6.14. The summed E-state index contributed by atoms with van der Waals surface area (Å²) in [5.41, 5.74) is 9.09. The molecule has 1 fully saturated rings. The van der Waals surface area contributed by atoms with Gasteiger partial charge in [-0.25, -0.2) is 4.59 Å². The van der Waals surface area contributed by atoms with Gasteiger partial charge in [0.05, 0.1) is 45.1 Å². The van der Waals surface area contributed by atoms with E-state index in [9.17, 15) is 0 Å². The van der Waals surface area contributed by atoms with E-state index in [0.717, 1.165) is 30.3 Å². The zero-order valence-corrected chi connectivity index (χ0v) is 12.3. The first-order valence-corrected chi connectivity index (χ1v) is 6.70. The summed E-state index contributed by atoms with van der Waals surface area (Å²) >= 11 is 0. The molecular formula is C14H25N4O+. The van der Waals surface area contributed by atoms with Crippen molar-refractivity contribution in [1.82, 2.24) is 4.59 Å². The fourth-order valence-corrected chi connectivity index (χ4v) is 2.75. The molecule has 2 unspecified atom stereocenters. The van der Waals surface area contributed by atoms with E-state index in [1.165, 1.54) is 0 Å². The maximum absolute atomic E-state index is 6.35. The molecule has 1 aliphatic heterocycles. The average molecular weight is 265 g/mol. The molecule has 2 atom stereocenters. The van der Waals surface area contributed by atoms with Gasteiger partial charge in [-0.3, -0.25) is 0 Å². The van der Waals surface area contributed by atoms with Gasteiger partial charge in [0.2, 0.25) is 0 Å². The Kier molecular flexibility index (Phi) is 3.71. The molecule has 0 amide bonds. The Morgan fingerprint density at radius 2 is 1.79 bits per heavy atom. The minimum absolute atomic E-state index is 0.229. The molecule has 5 nitrogen and oxygen atoms in total. The van der Waals surface area contributed by atoms with Crippen molar-refractivity contribution in [3.63, 3.8) is 0 Å². The number of morpholine rings is 1. The number of quaternary nitrogens is 1. The topological polar surface area (TPSA) is 64.5 Å². The van der Waals surface area contributed by atoms with Crippen molar-refractivity contribution in [3.05, 3.63) is 18.2 Å². The second-order valence-electron chi connectivity index (χ2n) is 5.89. The largest absolute Gasteiger partial charge is 0.392 e. The number of ether oxygens (including phenoxy) is 1. The molecule has 4 N–H and O–H groups in total. The Labute approximate surface area is 115 Å². The Morgan fingerprint density at radius 3 is 2.32 bits per heavy atom. The summed E-state index contributed by atoms with van der Waals surface area (Å²) in [6.07, 6.45) is 0. The molecule has 1 aromatic carbocycles. The number of benzene rings is 1. The van der Waals surface area contributed by atoms with Crippen LogP contribution in [0.4, 0.5) is 17.1 Å². The summed E-state index contributed by atoms with van der Waals surface area (Å²) in [7, 11) is 3.84. The molecular weight excluding hydrogens is 240 g/mol. The van der Waals surface area contributed by atoms with Crippen LogP contribution in [0, 0.1) is 0 Å². The average Bonchev–Trinajstić information content (AvgIpc) is 2.29. The molecule has 0 spiro atoms. The summed E-state index contributed by atoms with van der Waals surface area (Å²) in [6, 6.07) is 6.69. The molecule has 19 heavy (non-hydrogen) atoms. The van der Waals surface area contributed by atoms with E-state index in [1.807, 2.05) is 26.2 Å². The fraction of sp³-hybridized carbons (Fsp3) is 0.571. The number of hydrogen-bond donors (Lipinski definition) is 2. The van der Waals surface area contributed by atoms with Gasteiger partial charge in [-0.1, -0.05) is 6.07 Å². The van der Waals surface area contributed by atoms with Gasteiger partial charge in [0, 0.05) is 6.07 Å². The van der Waals surface area contributed by atoms with Crippen molar-refractivity contribution in [2.24, 2.45) is 5.84 Å². The van der Waals surface area contributed by atoms with E-state index >= 15 is 0 Å². The fourth-order valence-electron chi connectivity index (χ4n) is 2.75. The lowest BCUT2D eigenvalue weighted by Gasteiger charge is -2.41. The third-order valence-corrected chi connectivity index (χ3v) is 3.63. The monoisotopic (exact) mass is 265 g/mol.